The quantitative estimate of drug-likeness (QED) is 0.683. The standard InChI is InChI=1S/C11H18N2/c1-4-10(12)9-5-7(2)11(13)8(3)6-9/h5-6,10H,4,12-13H2,1-3H3/t10-/m0/s1. The smallest absolute Gasteiger partial charge is 0.0373 e. The average Bonchev–Trinajstić information content (AvgIpc) is 2.12. The van der Waals surface area contributed by atoms with Crippen LogP contribution in [0.1, 0.15) is 36.1 Å². The van der Waals surface area contributed by atoms with E-state index in [1.54, 1.807) is 0 Å². The highest BCUT2D eigenvalue weighted by molar-refractivity contribution is 5.54. The summed E-state index contributed by atoms with van der Waals surface area (Å²) in [7, 11) is 0. The Kier molecular flexibility index (Phi) is 2.94. The van der Waals surface area contributed by atoms with Gasteiger partial charge in [0.05, 0.1) is 0 Å². The van der Waals surface area contributed by atoms with Gasteiger partial charge >= 0.3 is 0 Å². The van der Waals surface area contributed by atoms with Crippen molar-refractivity contribution in [2.75, 3.05) is 5.73 Å². The molecule has 0 unspecified atom stereocenters. The SMILES string of the molecule is CC[C@H](N)c1cc(C)c(N)c(C)c1. The Morgan fingerprint density at radius 3 is 2.08 bits per heavy atom. The molecular formula is C11H18N2. The Morgan fingerprint density at radius 2 is 1.69 bits per heavy atom. The molecule has 0 aromatic heterocycles. The lowest BCUT2D eigenvalue weighted by atomic mass is 9.99. The molecule has 0 fully saturated rings. The number of benzene rings is 1. The Labute approximate surface area is 79.9 Å². The van der Waals surface area contributed by atoms with Crippen molar-refractivity contribution in [3.05, 3.63) is 28.8 Å². The van der Waals surface area contributed by atoms with E-state index in [4.69, 9.17) is 11.5 Å². The summed E-state index contributed by atoms with van der Waals surface area (Å²) in [6, 6.07) is 4.30. The predicted octanol–water partition coefficient (Wildman–Crippen LogP) is 2.30. The van der Waals surface area contributed by atoms with Crippen molar-refractivity contribution in [1.29, 1.82) is 0 Å². The molecule has 2 heteroatoms. The van der Waals surface area contributed by atoms with Crippen LogP contribution in [0.2, 0.25) is 0 Å². The van der Waals surface area contributed by atoms with Crippen LogP contribution in [0.5, 0.6) is 0 Å². The molecule has 0 amide bonds. The van der Waals surface area contributed by atoms with E-state index in [0.717, 1.165) is 23.2 Å². The molecule has 0 radical (unpaired) electrons. The molecule has 0 aliphatic rings. The van der Waals surface area contributed by atoms with E-state index in [-0.39, 0.29) is 6.04 Å². The van der Waals surface area contributed by atoms with E-state index in [2.05, 4.69) is 19.1 Å². The number of anilines is 1. The van der Waals surface area contributed by atoms with Gasteiger partial charge in [-0.2, -0.15) is 0 Å². The summed E-state index contributed by atoms with van der Waals surface area (Å²) in [5.74, 6) is 0. The normalized spacial score (nSPS) is 12.9. The molecule has 0 saturated carbocycles. The number of nitrogens with two attached hydrogens (primary N) is 2. The average molecular weight is 178 g/mol. The van der Waals surface area contributed by atoms with Gasteiger partial charge in [0.1, 0.15) is 0 Å². The van der Waals surface area contributed by atoms with E-state index in [9.17, 15) is 0 Å². The summed E-state index contributed by atoms with van der Waals surface area (Å²) in [4.78, 5) is 0. The molecule has 1 aromatic rings. The Hall–Kier alpha value is -1.02. The van der Waals surface area contributed by atoms with Crippen LogP contribution in [0.15, 0.2) is 12.1 Å². The molecule has 1 atom stereocenters. The van der Waals surface area contributed by atoms with Crippen LogP contribution in [0.4, 0.5) is 5.69 Å². The van der Waals surface area contributed by atoms with Crippen molar-refractivity contribution in [2.45, 2.75) is 33.2 Å². The second kappa shape index (κ2) is 3.79. The first kappa shape index (κ1) is 10.1. The summed E-state index contributed by atoms with van der Waals surface area (Å²) in [6.07, 6.45) is 0.961. The minimum Gasteiger partial charge on any atom is -0.398 e. The zero-order chi connectivity index (χ0) is 10.0. The van der Waals surface area contributed by atoms with Crippen molar-refractivity contribution in [2.24, 2.45) is 5.73 Å². The fraction of sp³-hybridized carbons (Fsp3) is 0.455. The highest BCUT2D eigenvalue weighted by Crippen LogP contribution is 2.22. The van der Waals surface area contributed by atoms with Gasteiger partial charge in [0, 0.05) is 11.7 Å². The fourth-order valence-electron chi connectivity index (χ4n) is 1.46. The molecule has 2 nitrogen and oxygen atoms in total. The third-order valence-corrected chi connectivity index (χ3v) is 2.48. The van der Waals surface area contributed by atoms with Gasteiger partial charge in [-0.3, -0.25) is 0 Å². The van der Waals surface area contributed by atoms with Crippen molar-refractivity contribution in [3.63, 3.8) is 0 Å². The summed E-state index contributed by atoms with van der Waals surface area (Å²) in [5, 5.41) is 0. The van der Waals surface area contributed by atoms with Gasteiger partial charge in [0.15, 0.2) is 0 Å². The summed E-state index contributed by atoms with van der Waals surface area (Å²) >= 11 is 0. The molecule has 0 heterocycles. The lowest BCUT2D eigenvalue weighted by Gasteiger charge is -2.13. The summed E-state index contributed by atoms with van der Waals surface area (Å²) < 4.78 is 0. The second-order valence-electron chi connectivity index (χ2n) is 3.58. The van der Waals surface area contributed by atoms with Crippen LogP contribution >= 0.6 is 0 Å². The first-order valence-electron chi connectivity index (χ1n) is 4.68. The Bertz CT molecular complexity index is 282. The molecule has 0 spiro atoms. The van der Waals surface area contributed by atoms with E-state index in [1.165, 1.54) is 5.56 Å². The second-order valence-corrected chi connectivity index (χ2v) is 3.58. The van der Waals surface area contributed by atoms with E-state index >= 15 is 0 Å². The van der Waals surface area contributed by atoms with E-state index < -0.39 is 0 Å². The molecule has 0 bridgehead atoms. The van der Waals surface area contributed by atoms with Gasteiger partial charge in [0.25, 0.3) is 0 Å². The Balaban J connectivity index is 3.13. The molecule has 0 aliphatic carbocycles. The molecule has 4 N–H and O–H groups in total. The zero-order valence-electron chi connectivity index (χ0n) is 8.59. The molecular weight excluding hydrogens is 160 g/mol. The highest BCUT2D eigenvalue weighted by Gasteiger charge is 2.06. The summed E-state index contributed by atoms with van der Waals surface area (Å²) in [6.45, 7) is 6.13. The number of hydrogen-bond acceptors (Lipinski definition) is 2. The van der Waals surface area contributed by atoms with Crippen LogP contribution in [-0.2, 0) is 0 Å². The number of rotatable bonds is 2. The topological polar surface area (TPSA) is 52.0 Å². The predicted molar refractivity (Wildman–Crippen MR) is 57.5 cm³/mol. The van der Waals surface area contributed by atoms with Gasteiger partial charge in [-0.15, -0.1) is 0 Å². The minimum absolute atomic E-state index is 0.137. The summed E-state index contributed by atoms with van der Waals surface area (Å²) in [5.41, 5.74) is 16.1. The highest BCUT2D eigenvalue weighted by atomic mass is 14.6. The number of nitrogen functional groups attached to an aromatic ring is 1. The lowest BCUT2D eigenvalue weighted by Crippen LogP contribution is -2.09. The minimum atomic E-state index is 0.137. The maximum absolute atomic E-state index is 5.94. The number of hydrogen-bond donors (Lipinski definition) is 2. The van der Waals surface area contributed by atoms with Crippen molar-refractivity contribution < 1.29 is 0 Å². The monoisotopic (exact) mass is 178 g/mol. The van der Waals surface area contributed by atoms with Gasteiger partial charge < -0.3 is 11.5 Å². The van der Waals surface area contributed by atoms with Gasteiger partial charge in [0.2, 0.25) is 0 Å². The maximum atomic E-state index is 5.94. The fourth-order valence-corrected chi connectivity index (χ4v) is 1.46. The zero-order valence-corrected chi connectivity index (χ0v) is 8.59. The van der Waals surface area contributed by atoms with Crippen molar-refractivity contribution in [1.82, 2.24) is 0 Å². The lowest BCUT2D eigenvalue weighted by molar-refractivity contribution is 0.697. The molecule has 72 valence electrons. The third-order valence-electron chi connectivity index (χ3n) is 2.48. The first-order chi connectivity index (χ1) is 6.06. The van der Waals surface area contributed by atoms with Crippen molar-refractivity contribution in [3.8, 4) is 0 Å². The molecule has 1 rings (SSSR count). The van der Waals surface area contributed by atoms with Crippen LogP contribution in [-0.4, -0.2) is 0 Å². The molecule has 1 aromatic carbocycles. The molecule has 13 heavy (non-hydrogen) atoms. The number of aryl methyl sites for hydroxylation is 2. The van der Waals surface area contributed by atoms with Gasteiger partial charge in [-0.25, -0.2) is 0 Å². The largest absolute Gasteiger partial charge is 0.398 e. The van der Waals surface area contributed by atoms with Gasteiger partial charge in [-0.1, -0.05) is 19.1 Å². The van der Waals surface area contributed by atoms with E-state index in [1.807, 2.05) is 13.8 Å². The first-order valence-corrected chi connectivity index (χ1v) is 4.68. The van der Waals surface area contributed by atoms with E-state index in [0.29, 0.717) is 0 Å². The maximum Gasteiger partial charge on any atom is 0.0373 e. The van der Waals surface area contributed by atoms with Crippen LogP contribution in [0, 0.1) is 13.8 Å². The van der Waals surface area contributed by atoms with Crippen LogP contribution < -0.4 is 11.5 Å². The Morgan fingerprint density at radius 1 is 1.23 bits per heavy atom. The third kappa shape index (κ3) is 2.01. The molecule has 0 aliphatic heterocycles. The van der Waals surface area contributed by atoms with Crippen LogP contribution in [0.25, 0.3) is 0 Å². The van der Waals surface area contributed by atoms with Gasteiger partial charge in [-0.05, 0) is 37.0 Å². The van der Waals surface area contributed by atoms with Crippen LogP contribution in [0.3, 0.4) is 0 Å². The molecule has 0 saturated heterocycles. The van der Waals surface area contributed by atoms with Crippen molar-refractivity contribution >= 4 is 5.69 Å².